The molecule has 0 saturated carbocycles. The van der Waals surface area contributed by atoms with Crippen LogP contribution in [0.2, 0.25) is 0 Å². The second kappa shape index (κ2) is 5.15. The van der Waals surface area contributed by atoms with E-state index in [9.17, 15) is 8.78 Å². The Morgan fingerprint density at radius 2 is 1.78 bits per heavy atom. The lowest BCUT2D eigenvalue weighted by molar-refractivity contribution is 0.598. The molecule has 1 N–H and O–H groups in total. The van der Waals surface area contributed by atoms with Crippen molar-refractivity contribution < 1.29 is 8.78 Å². The number of nitriles is 1. The number of nitrogens with one attached hydrogen (secondary N) is 1. The maximum Gasteiger partial charge on any atom is 0.147 e. The Hall–Kier alpha value is -1.93. The van der Waals surface area contributed by atoms with Gasteiger partial charge in [-0.25, -0.2) is 8.78 Å². The summed E-state index contributed by atoms with van der Waals surface area (Å²) >= 11 is 2.90. The first kappa shape index (κ1) is 12.5. The van der Waals surface area contributed by atoms with Crippen LogP contribution in [0.3, 0.4) is 0 Å². The van der Waals surface area contributed by atoms with Crippen molar-refractivity contribution in [3.8, 4) is 6.07 Å². The number of rotatable bonds is 2. The van der Waals surface area contributed by atoms with Crippen LogP contribution in [0.4, 0.5) is 20.2 Å². The smallest absolute Gasteiger partial charge is 0.147 e. The molecule has 0 fully saturated rings. The largest absolute Gasteiger partial charge is 0.352 e. The number of hydrogen-bond donors (Lipinski definition) is 1. The predicted octanol–water partition coefficient (Wildman–Crippen LogP) is 4.34. The molecule has 0 aromatic heterocycles. The van der Waals surface area contributed by atoms with Crippen molar-refractivity contribution in [2.24, 2.45) is 0 Å². The highest BCUT2D eigenvalue weighted by Gasteiger charge is 2.09. The van der Waals surface area contributed by atoms with Crippen LogP contribution in [-0.4, -0.2) is 0 Å². The van der Waals surface area contributed by atoms with Crippen LogP contribution in [0.25, 0.3) is 0 Å². The second-order valence-electron chi connectivity index (χ2n) is 3.53. The van der Waals surface area contributed by atoms with Crippen molar-refractivity contribution >= 4 is 27.3 Å². The van der Waals surface area contributed by atoms with Crippen molar-refractivity contribution in [2.45, 2.75) is 0 Å². The van der Waals surface area contributed by atoms with E-state index < -0.39 is 11.6 Å². The van der Waals surface area contributed by atoms with Gasteiger partial charge >= 0.3 is 0 Å². The zero-order chi connectivity index (χ0) is 13.1. The van der Waals surface area contributed by atoms with Gasteiger partial charge in [0.25, 0.3) is 0 Å². The summed E-state index contributed by atoms with van der Waals surface area (Å²) in [7, 11) is 0. The van der Waals surface area contributed by atoms with Gasteiger partial charge < -0.3 is 5.32 Å². The Labute approximate surface area is 111 Å². The molecule has 2 rings (SSSR count). The third kappa shape index (κ3) is 2.49. The number of para-hydroxylation sites is 1. The van der Waals surface area contributed by atoms with Crippen molar-refractivity contribution in [1.29, 1.82) is 5.26 Å². The summed E-state index contributed by atoms with van der Waals surface area (Å²) in [6.07, 6.45) is 0. The van der Waals surface area contributed by atoms with E-state index in [-0.39, 0.29) is 10.2 Å². The highest BCUT2D eigenvalue weighted by molar-refractivity contribution is 9.10. The number of benzene rings is 2. The Morgan fingerprint density at radius 3 is 2.50 bits per heavy atom. The van der Waals surface area contributed by atoms with Crippen LogP contribution < -0.4 is 5.32 Å². The maximum absolute atomic E-state index is 13.6. The summed E-state index contributed by atoms with van der Waals surface area (Å²) in [6, 6.07) is 10.7. The molecular weight excluding hydrogens is 302 g/mol. The minimum atomic E-state index is -0.601. The molecule has 0 unspecified atom stereocenters. The predicted molar refractivity (Wildman–Crippen MR) is 68.5 cm³/mol. The summed E-state index contributed by atoms with van der Waals surface area (Å²) in [5.74, 6) is -1.18. The number of halogens is 3. The Kier molecular flexibility index (Phi) is 3.58. The van der Waals surface area contributed by atoms with Gasteiger partial charge in [0.05, 0.1) is 21.4 Å². The normalized spacial score (nSPS) is 9.89. The Morgan fingerprint density at radius 1 is 1.06 bits per heavy atom. The molecule has 2 nitrogen and oxygen atoms in total. The van der Waals surface area contributed by atoms with Gasteiger partial charge in [-0.1, -0.05) is 12.1 Å². The van der Waals surface area contributed by atoms with Gasteiger partial charge in [0.1, 0.15) is 17.7 Å². The molecule has 0 heterocycles. The second-order valence-corrected chi connectivity index (χ2v) is 4.38. The van der Waals surface area contributed by atoms with E-state index in [1.54, 1.807) is 24.3 Å². The molecule has 0 aliphatic carbocycles. The first-order chi connectivity index (χ1) is 8.61. The highest BCUT2D eigenvalue weighted by atomic mass is 79.9. The summed E-state index contributed by atoms with van der Waals surface area (Å²) < 4.78 is 27.0. The topological polar surface area (TPSA) is 35.8 Å². The van der Waals surface area contributed by atoms with Gasteiger partial charge in [-0.15, -0.1) is 0 Å². The van der Waals surface area contributed by atoms with E-state index in [2.05, 4.69) is 21.2 Å². The molecule has 0 radical (unpaired) electrons. The fraction of sp³-hybridized carbons (Fsp3) is 0. The molecule has 2 aromatic carbocycles. The van der Waals surface area contributed by atoms with E-state index in [0.717, 1.165) is 12.1 Å². The standard InChI is InChI=1S/C13H7BrF2N2/c14-9-5-11(16)13(6-10(9)15)18-12-4-2-1-3-8(12)7-17/h1-6,18H. The van der Waals surface area contributed by atoms with Crippen LogP contribution in [0.15, 0.2) is 40.9 Å². The quantitative estimate of drug-likeness (QED) is 0.838. The van der Waals surface area contributed by atoms with Gasteiger partial charge in [-0.3, -0.25) is 0 Å². The summed E-state index contributed by atoms with van der Waals surface area (Å²) in [5, 5.41) is 11.6. The van der Waals surface area contributed by atoms with Gasteiger partial charge in [0, 0.05) is 6.07 Å². The van der Waals surface area contributed by atoms with Crippen LogP contribution >= 0.6 is 15.9 Å². The van der Waals surface area contributed by atoms with Crippen molar-refractivity contribution in [2.75, 3.05) is 5.32 Å². The van der Waals surface area contributed by atoms with Gasteiger partial charge in [0.2, 0.25) is 0 Å². The average Bonchev–Trinajstić information content (AvgIpc) is 2.36. The first-order valence-electron chi connectivity index (χ1n) is 5.02. The molecule has 0 bridgehead atoms. The van der Waals surface area contributed by atoms with E-state index in [1.807, 2.05) is 6.07 Å². The minimum Gasteiger partial charge on any atom is -0.352 e. The molecular formula is C13H7BrF2N2. The van der Waals surface area contributed by atoms with E-state index in [0.29, 0.717) is 11.3 Å². The lowest BCUT2D eigenvalue weighted by Crippen LogP contribution is -1.97. The van der Waals surface area contributed by atoms with Crippen LogP contribution in [0.5, 0.6) is 0 Å². The fourth-order valence-corrected chi connectivity index (χ4v) is 1.77. The van der Waals surface area contributed by atoms with E-state index >= 15 is 0 Å². The average molecular weight is 309 g/mol. The zero-order valence-electron chi connectivity index (χ0n) is 9.05. The molecule has 18 heavy (non-hydrogen) atoms. The monoisotopic (exact) mass is 308 g/mol. The van der Waals surface area contributed by atoms with Gasteiger partial charge in [-0.05, 0) is 34.1 Å². The molecule has 2 aromatic rings. The lowest BCUT2D eigenvalue weighted by Gasteiger charge is -2.09. The SMILES string of the molecule is N#Cc1ccccc1Nc1cc(F)c(Br)cc1F. The van der Waals surface area contributed by atoms with Crippen molar-refractivity contribution in [3.63, 3.8) is 0 Å². The number of nitrogens with zero attached hydrogens (tertiary/aromatic N) is 1. The molecule has 0 atom stereocenters. The van der Waals surface area contributed by atoms with Gasteiger partial charge in [-0.2, -0.15) is 5.26 Å². The molecule has 90 valence electrons. The zero-order valence-corrected chi connectivity index (χ0v) is 10.6. The summed E-state index contributed by atoms with van der Waals surface area (Å²) in [6.45, 7) is 0. The molecule has 0 amide bonds. The van der Waals surface area contributed by atoms with E-state index in [4.69, 9.17) is 5.26 Å². The Balaban J connectivity index is 2.41. The molecule has 0 saturated heterocycles. The minimum absolute atomic E-state index is 0.0154. The lowest BCUT2D eigenvalue weighted by atomic mass is 10.2. The number of hydrogen-bond acceptors (Lipinski definition) is 2. The number of anilines is 2. The van der Waals surface area contributed by atoms with Crippen molar-refractivity contribution in [3.05, 3.63) is 58.1 Å². The van der Waals surface area contributed by atoms with Crippen LogP contribution in [0, 0.1) is 23.0 Å². The van der Waals surface area contributed by atoms with Crippen LogP contribution in [0.1, 0.15) is 5.56 Å². The third-order valence-electron chi connectivity index (χ3n) is 2.33. The fourth-order valence-electron chi connectivity index (χ4n) is 1.45. The van der Waals surface area contributed by atoms with Gasteiger partial charge in [0.15, 0.2) is 0 Å². The Bertz CT molecular complexity index is 635. The summed E-state index contributed by atoms with van der Waals surface area (Å²) in [4.78, 5) is 0. The van der Waals surface area contributed by atoms with E-state index in [1.165, 1.54) is 0 Å². The van der Waals surface area contributed by atoms with Crippen molar-refractivity contribution in [1.82, 2.24) is 0 Å². The van der Waals surface area contributed by atoms with Crippen LogP contribution in [-0.2, 0) is 0 Å². The summed E-state index contributed by atoms with van der Waals surface area (Å²) in [5.41, 5.74) is 0.777. The maximum atomic E-state index is 13.6. The highest BCUT2D eigenvalue weighted by Crippen LogP contribution is 2.27. The molecule has 0 aliphatic heterocycles. The third-order valence-corrected chi connectivity index (χ3v) is 2.93. The molecule has 5 heteroatoms. The first-order valence-corrected chi connectivity index (χ1v) is 5.82. The molecule has 0 aliphatic rings. The molecule has 0 spiro atoms.